The van der Waals surface area contributed by atoms with Crippen LogP contribution in [-0.2, 0) is 11.3 Å². The minimum absolute atomic E-state index is 0.0326. The van der Waals surface area contributed by atoms with Crippen molar-refractivity contribution < 1.29 is 9.90 Å². The maximum atomic E-state index is 12.8. The van der Waals surface area contributed by atoms with Crippen molar-refractivity contribution in [3.8, 4) is 0 Å². The molecule has 0 aliphatic carbocycles. The van der Waals surface area contributed by atoms with Gasteiger partial charge in [-0.2, -0.15) is 5.10 Å². The van der Waals surface area contributed by atoms with Gasteiger partial charge in [0.25, 0.3) is 5.91 Å². The standard InChI is InChI=1S/C18H32N4O2/c1-13-15(14(2)20-19-13)10-21(6)12-18(24)8-7-9-22(16(18)23)11-17(3,4)5/h24H,7-12H2,1-6H3,(H,19,20). The van der Waals surface area contributed by atoms with E-state index in [1.54, 1.807) is 0 Å². The number of H-pyrrole nitrogens is 1. The molecule has 1 aliphatic heterocycles. The predicted octanol–water partition coefficient (Wildman–Crippen LogP) is 1.86. The number of carbonyl (C=O) groups excluding carboxylic acids is 1. The van der Waals surface area contributed by atoms with Crippen molar-refractivity contribution in [2.75, 3.05) is 26.7 Å². The van der Waals surface area contributed by atoms with Gasteiger partial charge >= 0.3 is 0 Å². The molecule has 1 fully saturated rings. The SMILES string of the molecule is Cc1n[nH]c(C)c1CN(C)CC1(O)CCCN(CC(C)(C)C)C1=O. The third-order valence-corrected chi connectivity index (χ3v) is 4.61. The number of rotatable bonds is 5. The van der Waals surface area contributed by atoms with Crippen LogP contribution in [0.3, 0.4) is 0 Å². The number of carbonyl (C=O) groups is 1. The lowest BCUT2D eigenvalue weighted by atomic mass is 9.88. The van der Waals surface area contributed by atoms with Gasteiger partial charge < -0.3 is 10.0 Å². The van der Waals surface area contributed by atoms with Gasteiger partial charge in [-0.1, -0.05) is 20.8 Å². The molecule has 2 N–H and O–H groups in total. The highest BCUT2D eigenvalue weighted by molar-refractivity contribution is 5.86. The summed E-state index contributed by atoms with van der Waals surface area (Å²) in [5.41, 5.74) is 1.89. The van der Waals surface area contributed by atoms with Gasteiger partial charge in [0.2, 0.25) is 0 Å². The second kappa shape index (κ2) is 6.84. The van der Waals surface area contributed by atoms with Crippen molar-refractivity contribution in [2.45, 2.75) is 59.6 Å². The maximum absolute atomic E-state index is 12.8. The molecule has 0 spiro atoms. The predicted molar refractivity (Wildman–Crippen MR) is 94.6 cm³/mol. The largest absolute Gasteiger partial charge is 0.379 e. The van der Waals surface area contributed by atoms with Crippen LogP contribution >= 0.6 is 0 Å². The van der Waals surface area contributed by atoms with E-state index < -0.39 is 5.60 Å². The Morgan fingerprint density at radius 3 is 2.58 bits per heavy atom. The first kappa shape index (κ1) is 18.9. The molecule has 6 heteroatoms. The molecule has 2 heterocycles. The maximum Gasteiger partial charge on any atom is 0.255 e. The summed E-state index contributed by atoms with van der Waals surface area (Å²) in [5, 5.41) is 18.2. The van der Waals surface area contributed by atoms with Gasteiger partial charge in [0, 0.05) is 37.4 Å². The van der Waals surface area contributed by atoms with Crippen LogP contribution in [0.1, 0.15) is 50.6 Å². The van der Waals surface area contributed by atoms with E-state index in [0.29, 0.717) is 26.1 Å². The van der Waals surface area contributed by atoms with Crippen LogP contribution in [-0.4, -0.2) is 63.3 Å². The van der Waals surface area contributed by atoms with Gasteiger partial charge in [0.05, 0.1) is 5.69 Å². The zero-order valence-electron chi connectivity index (χ0n) is 15.9. The van der Waals surface area contributed by atoms with Gasteiger partial charge in [-0.05, 0) is 39.2 Å². The third kappa shape index (κ3) is 4.36. The van der Waals surface area contributed by atoms with Crippen molar-refractivity contribution in [1.29, 1.82) is 0 Å². The molecule has 1 aliphatic rings. The molecule has 0 saturated carbocycles. The zero-order valence-corrected chi connectivity index (χ0v) is 15.9. The van der Waals surface area contributed by atoms with Crippen LogP contribution in [0.25, 0.3) is 0 Å². The van der Waals surface area contributed by atoms with E-state index in [1.807, 2.05) is 30.7 Å². The fraction of sp³-hybridized carbons (Fsp3) is 0.778. The highest BCUT2D eigenvalue weighted by atomic mass is 16.3. The monoisotopic (exact) mass is 336 g/mol. The third-order valence-electron chi connectivity index (χ3n) is 4.61. The quantitative estimate of drug-likeness (QED) is 0.861. The Labute approximate surface area is 145 Å². The van der Waals surface area contributed by atoms with Crippen LogP contribution < -0.4 is 0 Å². The van der Waals surface area contributed by atoms with Crippen molar-refractivity contribution in [3.05, 3.63) is 17.0 Å². The molecule has 24 heavy (non-hydrogen) atoms. The van der Waals surface area contributed by atoms with E-state index in [9.17, 15) is 9.90 Å². The summed E-state index contributed by atoms with van der Waals surface area (Å²) in [6.07, 6.45) is 1.37. The van der Waals surface area contributed by atoms with E-state index in [0.717, 1.165) is 29.9 Å². The average molecular weight is 336 g/mol. The van der Waals surface area contributed by atoms with Crippen LogP contribution in [0.5, 0.6) is 0 Å². The summed E-state index contributed by atoms with van der Waals surface area (Å²) in [7, 11) is 1.94. The molecular formula is C18H32N4O2. The number of likely N-dealkylation sites (N-methyl/N-ethyl adjacent to an activating group) is 1. The average Bonchev–Trinajstić information content (AvgIpc) is 2.74. The van der Waals surface area contributed by atoms with Crippen molar-refractivity contribution in [1.82, 2.24) is 20.0 Å². The topological polar surface area (TPSA) is 72.5 Å². The molecule has 6 nitrogen and oxygen atoms in total. The number of amides is 1. The number of nitrogens with zero attached hydrogens (tertiary/aromatic N) is 3. The number of hydrogen-bond donors (Lipinski definition) is 2. The lowest BCUT2D eigenvalue weighted by Gasteiger charge is -2.42. The summed E-state index contributed by atoms with van der Waals surface area (Å²) in [6.45, 7) is 12.7. The van der Waals surface area contributed by atoms with Crippen molar-refractivity contribution >= 4 is 5.91 Å². The second-order valence-electron chi connectivity index (χ2n) is 8.51. The number of aryl methyl sites for hydroxylation is 2. The summed E-state index contributed by atoms with van der Waals surface area (Å²) in [6, 6.07) is 0. The number of likely N-dealkylation sites (tertiary alicyclic amines) is 1. The fourth-order valence-corrected chi connectivity index (χ4v) is 3.51. The van der Waals surface area contributed by atoms with Crippen LogP contribution in [0.2, 0.25) is 0 Å². The summed E-state index contributed by atoms with van der Waals surface area (Å²) in [4.78, 5) is 16.7. The molecular weight excluding hydrogens is 304 g/mol. The molecule has 1 atom stereocenters. The van der Waals surface area contributed by atoms with E-state index in [1.165, 1.54) is 0 Å². The van der Waals surface area contributed by atoms with E-state index in [2.05, 4.69) is 31.0 Å². The van der Waals surface area contributed by atoms with Gasteiger partial charge in [-0.25, -0.2) is 0 Å². The normalized spacial score (nSPS) is 22.5. The van der Waals surface area contributed by atoms with Gasteiger partial charge in [0.1, 0.15) is 0 Å². The van der Waals surface area contributed by atoms with E-state index >= 15 is 0 Å². The first-order chi connectivity index (χ1) is 11.0. The van der Waals surface area contributed by atoms with Crippen molar-refractivity contribution in [2.24, 2.45) is 5.41 Å². The lowest BCUT2D eigenvalue weighted by molar-refractivity contribution is -0.160. The van der Waals surface area contributed by atoms with Crippen LogP contribution in [0.4, 0.5) is 0 Å². The Morgan fingerprint density at radius 1 is 1.38 bits per heavy atom. The molecule has 2 rings (SSSR count). The molecule has 1 aromatic heterocycles. The molecule has 1 saturated heterocycles. The molecule has 1 amide bonds. The molecule has 0 radical (unpaired) electrons. The molecule has 0 aromatic carbocycles. The Hall–Kier alpha value is -1.40. The smallest absolute Gasteiger partial charge is 0.255 e. The number of piperidine rings is 1. The number of aromatic nitrogens is 2. The Morgan fingerprint density at radius 2 is 2.04 bits per heavy atom. The lowest BCUT2D eigenvalue weighted by Crippen LogP contribution is -2.59. The highest BCUT2D eigenvalue weighted by Crippen LogP contribution is 2.27. The zero-order chi connectivity index (χ0) is 18.1. The van der Waals surface area contributed by atoms with Crippen LogP contribution in [0.15, 0.2) is 0 Å². The van der Waals surface area contributed by atoms with Gasteiger partial charge in [-0.3, -0.25) is 14.8 Å². The van der Waals surface area contributed by atoms with Gasteiger partial charge in [0.15, 0.2) is 5.60 Å². The minimum Gasteiger partial charge on any atom is -0.379 e. The highest BCUT2D eigenvalue weighted by Gasteiger charge is 2.43. The number of aromatic amines is 1. The number of aliphatic hydroxyl groups is 1. The second-order valence-corrected chi connectivity index (χ2v) is 8.51. The first-order valence-electron chi connectivity index (χ1n) is 8.72. The fourth-order valence-electron chi connectivity index (χ4n) is 3.51. The first-order valence-corrected chi connectivity index (χ1v) is 8.72. The Bertz CT molecular complexity index is 571. The molecule has 136 valence electrons. The Balaban J connectivity index is 2.05. The number of hydrogen-bond acceptors (Lipinski definition) is 4. The van der Waals surface area contributed by atoms with E-state index in [-0.39, 0.29) is 11.3 Å². The molecule has 1 aromatic rings. The van der Waals surface area contributed by atoms with Crippen LogP contribution in [0, 0.1) is 19.3 Å². The molecule has 0 bridgehead atoms. The summed E-state index contributed by atoms with van der Waals surface area (Å²) in [5.74, 6) is -0.129. The Kier molecular flexibility index (Phi) is 5.40. The van der Waals surface area contributed by atoms with Crippen molar-refractivity contribution in [3.63, 3.8) is 0 Å². The molecule has 1 unspecified atom stereocenters. The number of nitrogens with one attached hydrogen (secondary N) is 1. The van der Waals surface area contributed by atoms with Gasteiger partial charge in [-0.15, -0.1) is 0 Å². The minimum atomic E-state index is -1.29. The summed E-state index contributed by atoms with van der Waals surface area (Å²) >= 11 is 0. The van der Waals surface area contributed by atoms with E-state index in [4.69, 9.17) is 0 Å². The summed E-state index contributed by atoms with van der Waals surface area (Å²) < 4.78 is 0.